The number of aryl methyl sites for hydroxylation is 2. The van der Waals surface area contributed by atoms with E-state index < -0.39 is 6.04 Å². The van der Waals surface area contributed by atoms with Crippen molar-refractivity contribution in [3.8, 4) is 0 Å². The molecule has 0 aliphatic heterocycles. The highest BCUT2D eigenvalue weighted by atomic mass is 16.2. The third-order valence-corrected chi connectivity index (χ3v) is 4.96. The van der Waals surface area contributed by atoms with E-state index in [0.717, 1.165) is 16.7 Å². The lowest BCUT2D eigenvalue weighted by molar-refractivity contribution is -0.141. The van der Waals surface area contributed by atoms with Gasteiger partial charge in [0, 0.05) is 12.1 Å². The van der Waals surface area contributed by atoms with E-state index in [1.54, 1.807) is 4.90 Å². The summed E-state index contributed by atoms with van der Waals surface area (Å²) in [6.07, 6.45) is 0.852. The molecule has 0 aliphatic carbocycles. The summed E-state index contributed by atoms with van der Waals surface area (Å²) in [6.45, 7) is 12.3. The zero-order valence-electron chi connectivity index (χ0n) is 18.6. The summed E-state index contributed by atoms with van der Waals surface area (Å²) in [5.74, 6) is -0.138. The maximum atomic E-state index is 13.4. The van der Waals surface area contributed by atoms with Crippen LogP contribution in [-0.2, 0) is 22.6 Å². The molecule has 4 nitrogen and oxygen atoms in total. The van der Waals surface area contributed by atoms with Crippen molar-refractivity contribution in [2.45, 2.75) is 72.5 Å². The van der Waals surface area contributed by atoms with Crippen molar-refractivity contribution >= 4 is 11.8 Å². The number of hydrogen-bond acceptors (Lipinski definition) is 2. The predicted molar refractivity (Wildman–Crippen MR) is 119 cm³/mol. The first-order valence-electron chi connectivity index (χ1n) is 10.3. The molecule has 2 aromatic rings. The highest BCUT2D eigenvalue weighted by molar-refractivity contribution is 5.89. The van der Waals surface area contributed by atoms with Crippen LogP contribution in [0.5, 0.6) is 0 Å². The van der Waals surface area contributed by atoms with Gasteiger partial charge in [-0.3, -0.25) is 9.59 Å². The Morgan fingerprint density at radius 3 is 2.17 bits per heavy atom. The van der Waals surface area contributed by atoms with Crippen LogP contribution in [0.2, 0.25) is 0 Å². The highest BCUT2D eigenvalue weighted by Crippen LogP contribution is 2.17. The molecule has 0 aromatic heterocycles. The Bertz CT molecular complexity index is 835. The molecular weight excluding hydrogens is 360 g/mol. The van der Waals surface area contributed by atoms with Crippen molar-refractivity contribution in [3.05, 3.63) is 70.8 Å². The molecule has 0 saturated carbocycles. The van der Waals surface area contributed by atoms with Gasteiger partial charge in [0.1, 0.15) is 6.04 Å². The molecule has 2 amide bonds. The number of rotatable bonds is 7. The minimum absolute atomic E-state index is 0.0317. The number of nitrogens with one attached hydrogen (secondary N) is 1. The molecular formula is C25H34N2O2. The van der Waals surface area contributed by atoms with E-state index in [2.05, 4.69) is 5.32 Å². The summed E-state index contributed by atoms with van der Waals surface area (Å²) in [6, 6.07) is 15.5. The molecule has 0 unspecified atom stereocenters. The maximum Gasteiger partial charge on any atom is 0.243 e. The second-order valence-corrected chi connectivity index (χ2v) is 8.77. The third kappa shape index (κ3) is 6.74. The fourth-order valence-electron chi connectivity index (χ4n) is 3.34. The van der Waals surface area contributed by atoms with Crippen LogP contribution in [0.15, 0.2) is 48.5 Å². The topological polar surface area (TPSA) is 49.4 Å². The van der Waals surface area contributed by atoms with Crippen LogP contribution in [0.4, 0.5) is 0 Å². The fourth-order valence-corrected chi connectivity index (χ4v) is 3.34. The van der Waals surface area contributed by atoms with Gasteiger partial charge in [-0.2, -0.15) is 0 Å². The minimum atomic E-state index is -0.507. The van der Waals surface area contributed by atoms with Gasteiger partial charge in [-0.1, -0.05) is 61.0 Å². The quantitative estimate of drug-likeness (QED) is 0.748. The average molecular weight is 395 g/mol. The molecule has 1 N–H and O–H groups in total. The number of hydrogen-bond donors (Lipinski definition) is 1. The van der Waals surface area contributed by atoms with E-state index in [4.69, 9.17) is 0 Å². The fraction of sp³-hybridized carbons (Fsp3) is 0.440. The van der Waals surface area contributed by atoms with Crippen molar-refractivity contribution in [3.63, 3.8) is 0 Å². The molecule has 0 spiro atoms. The molecule has 0 fully saturated rings. The molecule has 0 saturated heterocycles. The summed E-state index contributed by atoms with van der Waals surface area (Å²) in [7, 11) is 0. The van der Waals surface area contributed by atoms with E-state index in [0.29, 0.717) is 13.0 Å². The Hall–Kier alpha value is -2.62. The van der Waals surface area contributed by atoms with Crippen molar-refractivity contribution in [2.24, 2.45) is 0 Å². The summed E-state index contributed by atoms with van der Waals surface area (Å²) < 4.78 is 0. The Morgan fingerprint density at radius 2 is 1.62 bits per heavy atom. The van der Waals surface area contributed by atoms with Gasteiger partial charge in [-0.15, -0.1) is 0 Å². The normalized spacial score (nSPS) is 12.3. The summed E-state index contributed by atoms with van der Waals surface area (Å²) in [5.41, 5.74) is 3.93. The van der Waals surface area contributed by atoms with Gasteiger partial charge in [0.15, 0.2) is 0 Å². The van der Waals surface area contributed by atoms with Crippen LogP contribution in [-0.4, -0.2) is 28.3 Å². The number of carbonyl (C=O) groups is 2. The van der Waals surface area contributed by atoms with Gasteiger partial charge >= 0.3 is 0 Å². The molecule has 29 heavy (non-hydrogen) atoms. The average Bonchev–Trinajstić information content (AvgIpc) is 2.63. The van der Waals surface area contributed by atoms with E-state index >= 15 is 0 Å². The van der Waals surface area contributed by atoms with Gasteiger partial charge in [-0.25, -0.2) is 0 Å². The summed E-state index contributed by atoms with van der Waals surface area (Å²) >= 11 is 0. The van der Waals surface area contributed by atoms with Crippen molar-refractivity contribution in [1.82, 2.24) is 10.2 Å². The second kappa shape index (κ2) is 9.73. The molecule has 0 aliphatic rings. The van der Waals surface area contributed by atoms with Gasteiger partial charge < -0.3 is 10.2 Å². The van der Waals surface area contributed by atoms with E-state index in [1.807, 2.05) is 90.1 Å². The summed E-state index contributed by atoms with van der Waals surface area (Å²) in [5, 5.41) is 3.04. The van der Waals surface area contributed by atoms with Crippen LogP contribution in [0, 0.1) is 13.8 Å². The smallest absolute Gasteiger partial charge is 0.243 e. The molecule has 156 valence electrons. The Morgan fingerprint density at radius 1 is 1.00 bits per heavy atom. The summed E-state index contributed by atoms with van der Waals surface area (Å²) in [4.78, 5) is 28.1. The van der Waals surface area contributed by atoms with Crippen LogP contribution >= 0.6 is 0 Å². The van der Waals surface area contributed by atoms with E-state index in [-0.39, 0.29) is 23.8 Å². The lowest BCUT2D eigenvalue weighted by Crippen LogP contribution is -2.53. The standard InChI is InChI=1S/C25H34N2O2/c1-7-22(24(29)26-25(4,5)6)27(17-20-14-12-18(2)13-15-20)23(28)16-21-11-9-8-10-19(21)3/h8-15,22H,7,16-17H2,1-6H3,(H,26,29)/t22-/m1/s1. The van der Waals surface area contributed by atoms with Crippen LogP contribution in [0.3, 0.4) is 0 Å². The zero-order chi connectivity index (χ0) is 21.6. The predicted octanol–water partition coefficient (Wildman–Crippen LogP) is 4.57. The second-order valence-electron chi connectivity index (χ2n) is 8.77. The maximum absolute atomic E-state index is 13.4. The van der Waals surface area contributed by atoms with Crippen LogP contribution in [0.25, 0.3) is 0 Å². The first-order valence-corrected chi connectivity index (χ1v) is 10.3. The van der Waals surface area contributed by atoms with Crippen LogP contribution < -0.4 is 5.32 Å². The first-order chi connectivity index (χ1) is 13.6. The lowest BCUT2D eigenvalue weighted by Gasteiger charge is -2.33. The van der Waals surface area contributed by atoms with Crippen molar-refractivity contribution in [1.29, 1.82) is 0 Å². The monoisotopic (exact) mass is 394 g/mol. The first kappa shape index (κ1) is 22.7. The third-order valence-electron chi connectivity index (χ3n) is 4.96. The highest BCUT2D eigenvalue weighted by Gasteiger charge is 2.30. The molecule has 4 heteroatoms. The van der Waals surface area contributed by atoms with Crippen LogP contribution in [0.1, 0.15) is 56.4 Å². The molecule has 1 atom stereocenters. The number of carbonyl (C=O) groups excluding carboxylic acids is 2. The molecule has 0 bridgehead atoms. The zero-order valence-corrected chi connectivity index (χ0v) is 18.6. The largest absolute Gasteiger partial charge is 0.350 e. The Labute approximate surface area is 175 Å². The molecule has 0 heterocycles. The van der Waals surface area contributed by atoms with E-state index in [9.17, 15) is 9.59 Å². The molecule has 2 aromatic carbocycles. The van der Waals surface area contributed by atoms with Gasteiger partial charge in [0.2, 0.25) is 11.8 Å². The molecule has 0 radical (unpaired) electrons. The van der Waals surface area contributed by atoms with Gasteiger partial charge in [0.05, 0.1) is 6.42 Å². The number of benzene rings is 2. The minimum Gasteiger partial charge on any atom is -0.350 e. The van der Waals surface area contributed by atoms with E-state index in [1.165, 1.54) is 5.56 Å². The van der Waals surface area contributed by atoms with Crippen molar-refractivity contribution < 1.29 is 9.59 Å². The Kier molecular flexibility index (Phi) is 7.60. The SMILES string of the molecule is CC[C@H](C(=O)NC(C)(C)C)N(Cc1ccc(C)cc1)C(=O)Cc1ccccc1C. The van der Waals surface area contributed by atoms with Crippen molar-refractivity contribution in [2.75, 3.05) is 0 Å². The number of nitrogens with zero attached hydrogens (tertiary/aromatic N) is 1. The molecule has 2 rings (SSSR count). The number of amides is 2. The van der Waals surface area contributed by atoms with Gasteiger partial charge in [0.25, 0.3) is 0 Å². The lowest BCUT2D eigenvalue weighted by atomic mass is 10.0. The Balaban J connectivity index is 2.32. The van der Waals surface area contributed by atoms with Gasteiger partial charge in [-0.05, 0) is 57.7 Å².